The maximum atomic E-state index is 12.4. The van der Waals surface area contributed by atoms with Crippen LogP contribution in [0.5, 0.6) is 0 Å². The molecule has 0 aromatic carbocycles. The van der Waals surface area contributed by atoms with Crippen LogP contribution in [-0.4, -0.2) is 34.8 Å². The lowest BCUT2D eigenvalue weighted by Gasteiger charge is -2.32. The number of piperidine rings is 1. The lowest BCUT2D eigenvalue weighted by molar-refractivity contribution is -0.137. The van der Waals surface area contributed by atoms with E-state index in [1.165, 1.54) is 19.3 Å². The summed E-state index contributed by atoms with van der Waals surface area (Å²) in [4.78, 5) is 14.4. The van der Waals surface area contributed by atoms with Gasteiger partial charge in [0.25, 0.3) is 0 Å². The highest BCUT2D eigenvalue weighted by molar-refractivity contribution is 5.87. The van der Waals surface area contributed by atoms with Crippen LogP contribution in [0.4, 0.5) is 0 Å². The van der Waals surface area contributed by atoms with Crippen LogP contribution in [0.15, 0.2) is 5.16 Å². The van der Waals surface area contributed by atoms with E-state index in [1.54, 1.807) is 0 Å². The number of carbonyl (C=O) groups excluding carboxylic acids is 1. The van der Waals surface area contributed by atoms with Crippen molar-refractivity contribution in [1.82, 2.24) is 4.90 Å². The first-order valence-corrected chi connectivity index (χ1v) is 6.76. The third kappa shape index (κ3) is 1.94. The van der Waals surface area contributed by atoms with Crippen molar-refractivity contribution in [3.8, 4) is 0 Å². The molecule has 3 rings (SSSR count). The highest BCUT2D eigenvalue weighted by Gasteiger charge is 2.44. The zero-order chi connectivity index (χ0) is 11.8. The van der Waals surface area contributed by atoms with Gasteiger partial charge >= 0.3 is 0 Å². The Hall–Kier alpha value is -1.06. The number of likely N-dealkylation sites (tertiary alicyclic amines) is 1. The summed E-state index contributed by atoms with van der Waals surface area (Å²) in [6.07, 6.45) is 6.49. The maximum Gasteiger partial charge on any atom is 0.225 e. The SMILES string of the molecule is O=C(C1CC2CCC1C2)N1CCC(=NO)CC1. The summed E-state index contributed by atoms with van der Waals surface area (Å²) in [6, 6.07) is 0. The van der Waals surface area contributed by atoms with Crippen LogP contribution in [0.25, 0.3) is 0 Å². The van der Waals surface area contributed by atoms with Crippen molar-refractivity contribution in [3.63, 3.8) is 0 Å². The first-order valence-electron chi connectivity index (χ1n) is 6.76. The molecule has 1 heterocycles. The second kappa shape index (κ2) is 4.31. The van der Waals surface area contributed by atoms with Gasteiger partial charge in [0.1, 0.15) is 0 Å². The van der Waals surface area contributed by atoms with E-state index in [0.29, 0.717) is 17.7 Å². The second-order valence-electron chi connectivity index (χ2n) is 5.77. The largest absolute Gasteiger partial charge is 0.411 e. The second-order valence-corrected chi connectivity index (χ2v) is 5.77. The zero-order valence-corrected chi connectivity index (χ0v) is 10.1. The lowest BCUT2D eigenvalue weighted by Crippen LogP contribution is -2.43. The van der Waals surface area contributed by atoms with Gasteiger partial charge in [-0.15, -0.1) is 0 Å². The number of rotatable bonds is 1. The van der Waals surface area contributed by atoms with E-state index in [1.807, 2.05) is 4.90 Å². The van der Waals surface area contributed by atoms with E-state index in [9.17, 15) is 4.79 Å². The Kier molecular flexibility index (Phi) is 2.81. The van der Waals surface area contributed by atoms with Crippen LogP contribution in [0.2, 0.25) is 0 Å². The fourth-order valence-electron chi connectivity index (χ4n) is 3.87. The van der Waals surface area contributed by atoms with Crippen LogP contribution < -0.4 is 0 Å². The minimum absolute atomic E-state index is 0.307. The normalized spacial score (nSPS) is 36.4. The molecule has 3 aliphatic rings. The van der Waals surface area contributed by atoms with Crippen molar-refractivity contribution in [3.05, 3.63) is 0 Å². The number of hydrogen-bond acceptors (Lipinski definition) is 3. The van der Waals surface area contributed by atoms with Crippen molar-refractivity contribution >= 4 is 11.6 Å². The summed E-state index contributed by atoms with van der Waals surface area (Å²) in [6.45, 7) is 1.48. The van der Waals surface area contributed by atoms with Gasteiger partial charge in [-0.1, -0.05) is 11.6 Å². The molecule has 0 aromatic heterocycles. The first-order chi connectivity index (χ1) is 8.28. The van der Waals surface area contributed by atoms with E-state index >= 15 is 0 Å². The highest BCUT2D eigenvalue weighted by atomic mass is 16.4. The highest BCUT2D eigenvalue weighted by Crippen LogP contribution is 2.48. The lowest BCUT2D eigenvalue weighted by atomic mass is 9.87. The molecule has 4 nitrogen and oxygen atoms in total. The Labute approximate surface area is 102 Å². The number of nitrogens with zero attached hydrogens (tertiary/aromatic N) is 2. The molecule has 0 spiro atoms. The van der Waals surface area contributed by atoms with E-state index in [4.69, 9.17) is 5.21 Å². The number of oxime groups is 1. The van der Waals surface area contributed by atoms with Gasteiger partial charge in [0.15, 0.2) is 0 Å². The fourth-order valence-corrected chi connectivity index (χ4v) is 3.87. The van der Waals surface area contributed by atoms with Crippen molar-refractivity contribution in [1.29, 1.82) is 0 Å². The molecule has 2 saturated carbocycles. The quantitative estimate of drug-likeness (QED) is 0.558. The predicted octanol–water partition coefficient (Wildman–Crippen LogP) is 1.88. The molecule has 3 atom stereocenters. The molecular weight excluding hydrogens is 216 g/mol. The molecular formula is C13H20N2O2. The Bertz CT molecular complexity index is 343. The van der Waals surface area contributed by atoms with Gasteiger partial charge in [0.05, 0.1) is 5.71 Å². The summed E-state index contributed by atoms with van der Waals surface area (Å²) in [5.74, 6) is 2.17. The van der Waals surface area contributed by atoms with Crippen molar-refractivity contribution in [2.75, 3.05) is 13.1 Å². The molecule has 0 radical (unpaired) electrons. The average molecular weight is 236 g/mol. The van der Waals surface area contributed by atoms with Crippen LogP contribution >= 0.6 is 0 Å². The molecule has 3 unspecified atom stereocenters. The van der Waals surface area contributed by atoms with Crippen LogP contribution in [0.1, 0.15) is 38.5 Å². The summed E-state index contributed by atoms with van der Waals surface area (Å²) in [5.41, 5.74) is 0.835. The van der Waals surface area contributed by atoms with Crippen LogP contribution in [0, 0.1) is 17.8 Å². The van der Waals surface area contributed by atoms with Gasteiger partial charge in [0, 0.05) is 31.8 Å². The number of hydrogen-bond donors (Lipinski definition) is 1. The summed E-state index contributed by atoms with van der Waals surface area (Å²) < 4.78 is 0. The number of amides is 1. The van der Waals surface area contributed by atoms with Crippen LogP contribution in [-0.2, 0) is 4.79 Å². The van der Waals surface area contributed by atoms with Gasteiger partial charge in [-0.05, 0) is 31.1 Å². The summed E-state index contributed by atoms with van der Waals surface area (Å²) in [5, 5.41) is 12.0. The van der Waals surface area contributed by atoms with Crippen molar-refractivity contribution in [2.45, 2.75) is 38.5 Å². The third-order valence-electron chi connectivity index (χ3n) is 4.85. The zero-order valence-electron chi connectivity index (χ0n) is 10.1. The third-order valence-corrected chi connectivity index (χ3v) is 4.85. The van der Waals surface area contributed by atoms with Crippen molar-refractivity contribution in [2.24, 2.45) is 22.9 Å². The number of carbonyl (C=O) groups is 1. The summed E-state index contributed by atoms with van der Waals surface area (Å²) in [7, 11) is 0. The standard InChI is InChI=1S/C13H20N2O2/c16-13(12-8-9-1-2-10(12)7-9)15-5-3-11(14-17)4-6-15/h9-10,12,17H,1-8H2. The molecule has 1 saturated heterocycles. The Morgan fingerprint density at radius 1 is 1.24 bits per heavy atom. The van der Waals surface area contributed by atoms with E-state index in [-0.39, 0.29) is 0 Å². The Morgan fingerprint density at radius 3 is 2.53 bits per heavy atom. The molecule has 3 fully saturated rings. The predicted molar refractivity (Wildman–Crippen MR) is 64.0 cm³/mol. The smallest absolute Gasteiger partial charge is 0.225 e. The topological polar surface area (TPSA) is 52.9 Å². The van der Waals surface area contributed by atoms with Gasteiger partial charge in [0.2, 0.25) is 5.91 Å². The molecule has 1 aliphatic heterocycles. The van der Waals surface area contributed by atoms with Gasteiger partial charge < -0.3 is 10.1 Å². The minimum Gasteiger partial charge on any atom is -0.411 e. The van der Waals surface area contributed by atoms with Gasteiger partial charge in [-0.3, -0.25) is 4.79 Å². The average Bonchev–Trinajstić information content (AvgIpc) is 3.00. The number of fused-ring (bicyclic) bond motifs is 2. The Morgan fingerprint density at radius 2 is 2.00 bits per heavy atom. The molecule has 94 valence electrons. The monoisotopic (exact) mass is 236 g/mol. The molecule has 4 heteroatoms. The molecule has 1 N–H and O–H groups in total. The molecule has 0 aromatic rings. The van der Waals surface area contributed by atoms with E-state index in [0.717, 1.165) is 44.0 Å². The van der Waals surface area contributed by atoms with Gasteiger partial charge in [-0.2, -0.15) is 0 Å². The van der Waals surface area contributed by atoms with Crippen molar-refractivity contribution < 1.29 is 10.0 Å². The molecule has 2 aliphatic carbocycles. The fraction of sp³-hybridized carbons (Fsp3) is 0.846. The molecule has 17 heavy (non-hydrogen) atoms. The maximum absolute atomic E-state index is 12.4. The van der Waals surface area contributed by atoms with E-state index in [2.05, 4.69) is 5.16 Å². The van der Waals surface area contributed by atoms with E-state index < -0.39 is 0 Å². The Balaban J connectivity index is 1.60. The minimum atomic E-state index is 0.307. The summed E-state index contributed by atoms with van der Waals surface area (Å²) >= 11 is 0. The molecule has 1 amide bonds. The first kappa shape index (κ1) is 11.1. The van der Waals surface area contributed by atoms with Crippen LogP contribution in [0.3, 0.4) is 0 Å². The molecule has 2 bridgehead atoms. The van der Waals surface area contributed by atoms with Gasteiger partial charge in [-0.25, -0.2) is 0 Å².